The van der Waals surface area contributed by atoms with Gasteiger partial charge in [0.05, 0.1) is 11.9 Å². The molecule has 0 radical (unpaired) electrons. The molecule has 35 heavy (non-hydrogen) atoms. The molecule has 190 valence electrons. The minimum atomic E-state index is -3.98. The van der Waals surface area contributed by atoms with Crippen molar-refractivity contribution in [2.45, 2.75) is 57.7 Å². The number of amides is 2. The molecule has 0 saturated heterocycles. The highest BCUT2D eigenvalue weighted by molar-refractivity contribution is 9.10. The number of hydrogen-bond donors (Lipinski definition) is 1. The molecule has 0 bridgehead atoms. The molecular weight excluding hydrogens is 537 g/mol. The highest BCUT2D eigenvalue weighted by Crippen LogP contribution is 2.23. The molecule has 2 amide bonds. The lowest BCUT2D eigenvalue weighted by molar-refractivity contribution is -0.139. The zero-order valence-corrected chi connectivity index (χ0v) is 22.3. The third-order valence-electron chi connectivity index (χ3n) is 6.16. The smallest absolute Gasteiger partial charge is 0.244 e. The number of nitrogens with one attached hydrogen (secondary N) is 1. The lowest BCUT2D eigenvalue weighted by Gasteiger charge is -2.33. The zero-order valence-electron chi connectivity index (χ0n) is 19.9. The molecule has 1 saturated carbocycles. The topological polar surface area (TPSA) is 86.8 Å². The fourth-order valence-electron chi connectivity index (χ4n) is 4.23. The summed E-state index contributed by atoms with van der Waals surface area (Å²) in [6, 6.07) is 11.9. The van der Waals surface area contributed by atoms with Crippen LogP contribution in [0, 0.1) is 5.82 Å². The molecule has 0 heterocycles. The largest absolute Gasteiger partial charge is 0.352 e. The number of carbonyl (C=O) groups excluding carboxylic acids is 2. The summed E-state index contributed by atoms with van der Waals surface area (Å²) in [4.78, 5) is 28.0. The Morgan fingerprint density at radius 1 is 1.11 bits per heavy atom. The van der Waals surface area contributed by atoms with Gasteiger partial charge in [0.1, 0.15) is 18.4 Å². The fraction of sp³-hybridized carbons (Fsp3) is 0.440. The summed E-state index contributed by atoms with van der Waals surface area (Å²) in [7, 11) is -3.98. The molecule has 0 spiro atoms. The van der Waals surface area contributed by atoms with Crippen LogP contribution in [-0.2, 0) is 26.2 Å². The molecule has 2 aromatic rings. The Morgan fingerprint density at radius 3 is 2.43 bits per heavy atom. The average Bonchev–Trinajstić information content (AvgIpc) is 2.81. The molecular formula is C25H31BrFN3O4S. The Bertz CT molecular complexity index is 1150. The number of carbonyl (C=O) groups is 2. The van der Waals surface area contributed by atoms with E-state index in [1.807, 2.05) is 24.3 Å². The summed E-state index contributed by atoms with van der Waals surface area (Å²) in [5.41, 5.74) is 0.548. The predicted octanol–water partition coefficient (Wildman–Crippen LogP) is 4.22. The van der Waals surface area contributed by atoms with Crippen LogP contribution in [-0.4, -0.2) is 50.0 Å². The summed E-state index contributed by atoms with van der Waals surface area (Å²) in [5.74, 6) is -1.66. The number of para-hydroxylation sites is 1. The van der Waals surface area contributed by atoms with Crippen molar-refractivity contribution in [2.75, 3.05) is 17.1 Å². The van der Waals surface area contributed by atoms with Crippen molar-refractivity contribution in [1.82, 2.24) is 10.2 Å². The van der Waals surface area contributed by atoms with Gasteiger partial charge >= 0.3 is 0 Å². The summed E-state index contributed by atoms with van der Waals surface area (Å²) >= 11 is 3.41. The fourth-order valence-corrected chi connectivity index (χ4v) is 5.53. The maximum absolute atomic E-state index is 14.5. The van der Waals surface area contributed by atoms with Crippen LogP contribution in [0.5, 0.6) is 0 Å². The second kappa shape index (κ2) is 12.0. The van der Waals surface area contributed by atoms with Gasteiger partial charge < -0.3 is 10.2 Å². The van der Waals surface area contributed by atoms with Gasteiger partial charge in [-0.05, 0) is 49.6 Å². The number of sulfonamides is 1. The van der Waals surface area contributed by atoms with Crippen molar-refractivity contribution in [3.8, 4) is 0 Å². The van der Waals surface area contributed by atoms with Gasteiger partial charge in [-0.2, -0.15) is 0 Å². The van der Waals surface area contributed by atoms with Gasteiger partial charge in [-0.15, -0.1) is 0 Å². The highest BCUT2D eigenvalue weighted by atomic mass is 79.9. The second-order valence-corrected chi connectivity index (χ2v) is 11.7. The van der Waals surface area contributed by atoms with Crippen molar-refractivity contribution < 1.29 is 22.4 Å². The van der Waals surface area contributed by atoms with Crippen LogP contribution in [0.3, 0.4) is 0 Å². The Kier molecular flexibility index (Phi) is 9.29. The highest BCUT2D eigenvalue weighted by Gasteiger charge is 2.31. The molecule has 1 fully saturated rings. The molecule has 0 aromatic heterocycles. The van der Waals surface area contributed by atoms with Crippen LogP contribution >= 0.6 is 15.9 Å². The monoisotopic (exact) mass is 567 g/mol. The van der Waals surface area contributed by atoms with E-state index >= 15 is 0 Å². The number of nitrogens with zero attached hydrogens (tertiary/aromatic N) is 2. The third kappa shape index (κ3) is 7.51. The van der Waals surface area contributed by atoms with Crippen molar-refractivity contribution in [2.24, 2.45) is 0 Å². The Labute approximate surface area is 214 Å². The number of rotatable bonds is 9. The van der Waals surface area contributed by atoms with Crippen LogP contribution in [0.2, 0.25) is 0 Å². The zero-order chi connectivity index (χ0) is 25.6. The Morgan fingerprint density at radius 2 is 1.80 bits per heavy atom. The Hall–Kier alpha value is -2.46. The molecule has 1 unspecified atom stereocenters. The minimum absolute atomic E-state index is 0.0625. The van der Waals surface area contributed by atoms with E-state index in [1.54, 1.807) is 6.92 Å². The number of halogens is 2. The first-order valence-electron chi connectivity index (χ1n) is 11.6. The van der Waals surface area contributed by atoms with E-state index in [1.165, 1.54) is 23.1 Å². The van der Waals surface area contributed by atoms with Crippen LogP contribution in [0.25, 0.3) is 0 Å². The molecule has 1 aliphatic carbocycles. The quantitative estimate of drug-likeness (QED) is 0.491. The van der Waals surface area contributed by atoms with Gasteiger partial charge in [-0.1, -0.05) is 59.5 Å². The molecule has 3 rings (SSSR count). The van der Waals surface area contributed by atoms with E-state index in [4.69, 9.17) is 0 Å². The number of benzene rings is 2. The first-order chi connectivity index (χ1) is 16.6. The van der Waals surface area contributed by atoms with Gasteiger partial charge in [0.2, 0.25) is 21.8 Å². The van der Waals surface area contributed by atoms with Crippen LogP contribution in [0.15, 0.2) is 53.0 Å². The minimum Gasteiger partial charge on any atom is -0.352 e. The average molecular weight is 569 g/mol. The third-order valence-corrected chi connectivity index (χ3v) is 7.78. The van der Waals surface area contributed by atoms with Gasteiger partial charge in [-0.3, -0.25) is 13.9 Å². The molecule has 10 heteroatoms. The van der Waals surface area contributed by atoms with E-state index in [0.717, 1.165) is 58.8 Å². The Balaban J connectivity index is 1.88. The van der Waals surface area contributed by atoms with Crippen molar-refractivity contribution in [3.63, 3.8) is 0 Å². The molecule has 7 nitrogen and oxygen atoms in total. The summed E-state index contributed by atoms with van der Waals surface area (Å²) < 4.78 is 41.0. The molecule has 2 aromatic carbocycles. The van der Waals surface area contributed by atoms with E-state index < -0.39 is 34.3 Å². The van der Waals surface area contributed by atoms with E-state index in [0.29, 0.717) is 0 Å². The van der Waals surface area contributed by atoms with Crippen molar-refractivity contribution in [1.29, 1.82) is 0 Å². The lowest BCUT2D eigenvalue weighted by Crippen LogP contribution is -2.53. The lowest BCUT2D eigenvalue weighted by atomic mass is 9.95. The van der Waals surface area contributed by atoms with Crippen LogP contribution in [0.1, 0.15) is 44.6 Å². The van der Waals surface area contributed by atoms with E-state index in [2.05, 4.69) is 21.2 Å². The predicted molar refractivity (Wildman–Crippen MR) is 138 cm³/mol. The van der Waals surface area contributed by atoms with Crippen LogP contribution in [0.4, 0.5) is 10.1 Å². The summed E-state index contributed by atoms with van der Waals surface area (Å²) in [6.45, 7) is 1.09. The first-order valence-corrected chi connectivity index (χ1v) is 14.3. The van der Waals surface area contributed by atoms with Gasteiger partial charge in [0.15, 0.2) is 0 Å². The molecule has 1 N–H and O–H groups in total. The van der Waals surface area contributed by atoms with Gasteiger partial charge in [0.25, 0.3) is 0 Å². The number of anilines is 1. The number of hydrogen-bond acceptors (Lipinski definition) is 4. The van der Waals surface area contributed by atoms with Crippen molar-refractivity contribution in [3.05, 3.63) is 64.4 Å². The van der Waals surface area contributed by atoms with E-state index in [9.17, 15) is 22.4 Å². The van der Waals surface area contributed by atoms with Gasteiger partial charge in [0, 0.05) is 17.1 Å². The maximum atomic E-state index is 14.5. The second-order valence-electron chi connectivity index (χ2n) is 8.89. The molecule has 0 aliphatic heterocycles. The summed E-state index contributed by atoms with van der Waals surface area (Å²) in [6.07, 6.45) is 5.95. The van der Waals surface area contributed by atoms with E-state index in [-0.39, 0.29) is 24.2 Å². The van der Waals surface area contributed by atoms with Crippen LogP contribution < -0.4 is 9.62 Å². The molecule has 1 atom stereocenters. The first kappa shape index (κ1) is 27.1. The molecule has 1 aliphatic rings. The summed E-state index contributed by atoms with van der Waals surface area (Å²) in [5, 5.41) is 3.04. The normalized spacial score (nSPS) is 15.3. The van der Waals surface area contributed by atoms with Crippen molar-refractivity contribution >= 4 is 43.5 Å². The standard InChI is InChI=1S/C25H31BrFN3O4S/c1-18(25(32)28-21-11-4-3-5-12-21)29(16-19-9-8-10-20(26)15-19)24(31)17-30(35(2,33)34)23-14-7-6-13-22(23)27/h6-10,13-15,18,21H,3-5,11-12,16-17H2,1-2H3,(H,28,32). The SMILES string of the molecule is CC(C(=O)NC1CCCCC1)N(Cc1cccc(Br)c1)C(=O)CN(c1ccccc1F)S(C)(=O)=O. The maximum Gasteiger partial charge on any atom is 0.244 e. The van der Waals surface area contributed by atoms with Gasteiger partial charge in [-0.25, -0.2) is 12.8 Å².